The number of amides is 1. The Morgan fingerprint density at radius 2 is 2.44 bits per heavy atom. The molecule has 1 aliphatic carbocycles. The molecule has 0 unspecified atom stereocenters. The van der Waals surface area contributed by atoms with Crippen LogP contribution in [0.25, 0.3) is 0 Å². The molecule has 0 aliphatic heterocycles. The zero-order valence-corrected chi connectivity index (χ0v) is 10.8. The molecule has 1 amide bonds. The number of nitrogens with zero attached hydrogens (tertiary/aromatic N) is 3. The Morgan fingerprint density at radius 3 is 3.00 bits per heavy atom. The van der Waals surface area contributed by atoms with E-state index in [1.807, 2.05) is 19.3 Å². The van der Waals surface area contributed by atoms with Crippen LogP contribution in [-0.4, -0.2) is 27.1 Å². The lowest BCUT2D eigenvalue weighted by atomic mass is 10.2. The number of carbonyl (C=O) groups is 1. The predicted molar refractivity (Wildman–Crippen MR) is 70.8 cm³/mol. The summed E-state index contributed by atoms with van der Waals surface area (Å²) >= 11 is 0. The maximum Gasteiger partial charge on any atom is 0.246 e. The Morgan fingerprint density at radius 1 is 1.61 bits per heavy atom. The Kier molecular flexibility index (Phi) is 3.97. The SMILES string of the molecule is C=CC(=O)N(CC1=CCCC1)Cc1ccn(C)n1. The first-order valence-corrected chi connectivity index (χ1v) is 6.27. The van der Waals surface area contributed by atoms with Gasteiger partial charge in [0.05, 0.1) is 12.2 Å². The molecule has 1 aromatic rings. The van der Waals surface area contributed by atoms with Crippen molar-refractivity contribution in [2.75, 3.05) is 6.54 Å². The van der Waals surface area contributed by atoms with Crippen LogP contribution in [0, 0.1) is 0 Å². The highest BCUT2D eigenvalue weighted by atomic mass is 16.2. The minimum atomic E-state index is -0.0338. The first-order chi connectivity index (χ1) is 8.69. The normalized spacial score (nSPS) is 14.4. The smallest absolute Gasteiger partial charge is 0.246 e. The molecule has 0 saturated carbocycles. The highest BCUT2D eigenvalue weighted by Crippen LogP contribution is 2.19. The summed E-state index contributed by atoms with van der Waals surface area (Å²) in [5, 5.41) is 4.31. The van der Waals surface area contributed by atoms with E-state index in [9.17, 15) is 4.79 Å². The Hall–Kier alpha value is -1.84. The van der Waals surface area contributed by atoms with Crippen LogP contribution in [0.2, 0.25) is 0 Å². The summed E-state index contributed by atoms with van der Waals surface area (Å²) in [7, 11) is 1.88. The van der Waals surface area contributed by atoms with Gasteiger partial charge in [-0.15, -0.1) is 0 Å². The average molecular weight is 245 g/mol. The number of aryl methyl sites for hydroxylation is 1. The van der Waals surface area contributed by atoms with Crippen LogP contribution in [0.4, 0.5) is 0 Å². The molecule has 96 valence electrons. The molecule has 0 N–H and O–H groups in total. The fraction of sp³-hybridized carbons (Fsp3) is 0.429. The Bertz CT molecular complexity index is 473. The second-order valence-electron chi connectivity index (χ2n) is 4.63. The summed E-state index contributed by atoms with van der Waals surface area (Å²) in [6.07, 6.45) is 8.94. The van der Waals surface area contributed by atoms with E-state index in [1.54, 1.807) is 9.58 Å². The molecule has 1 heterocycles. The van der Waals surface area contributed by atoms with Gasteiger partial charge in [-0.25, -0.2) is 0 Å². The molecule has 0 atom stereocenters. The van der Waals surface area contributed by atoms with Gasteiger partial charge in [0.1, 0.15) is 0 Å². The van der Waals surface area contributed by atoms with Crippen molar-refractivity contribution in [2.45, 2.75) is 25.8 Å². The van der Waals surface area contributed by atoms with Crippen LogP contribution in [-0.2, 0) is 18.4 Å². The van der Waals surface area contributed by atoms with Crippen molar-refractivity contribution in [1.29, 1.82) is 0 Å². The van der Waals surface area contributed by atoms with Crippen LogP contribution in [0.15, 0.2) is 36.6 Å². The number of aromatic nitrogens is 2. The third-order valence-corrected chi connectivity index (χ3v) is 3.14. The monoisotopic (exact) mass is 245 g/mol. The largest absolute Gasteiger partial charge is 0.329 e. The zero-order chi connectivity index (χ0) is 13.0. The molecule has 18 heavy (non-hydrogen) atoms. The summed E-state index contributed by atoms with van der Waals surface area (Å²) in [5.41, 5.74) is 2.26. The van der Waals surface area contributed by atoms with E-state index in [4.69, 9.17) is 0 Å². The van der Waals surface area contributed by atoms with E-state index in [1.165, 1.54) is 18.1 Å². The van der Waals surface area contributed by atoms with Crippen molar-refractivity contribution in [2.24, 2.45) is 7.05 Å². The Balaban J connectivity index is 2.04. The number of hydrogen-bond donors (Lipinski definition) is 0. The topological polar surface area (TPSA) is 38.1 Å². The lowest BCUT2D eigenvalue weighted by Crippen LogP contribution is -2.30. The standard InChI is InChI=1S/C14H19N3O/c1-3-14(18)17(10-12-6-4-5-7-12)11-13-8-9-16(2)15-13/h3,6,8-9H,1,4-5,7,10-11H2,2H3. The van der Waals surface area contributed by atoms with Gasteiger partial charge in [-0.2, -0.15) is 5.10 Å². The van der Waals surface area contributed by atoms with Crippen LogP contribution < -0.4 is 0 Å². The molecule has 0 aromatic carbocycles. The van der Waals surface area contributed by atoms with Crippen molar-refractivity contribution in [3.63, 3.8) is 0 Å². The molecule has 2 rings (SSSR count). The molecule has 1 aliphatic rings. The van der Waals surface area contributed by atoms with Crippen molar-refractivity contribution in [3.8, 4) is 0 Å². The van der Waals surface area contributed by atoms with E-state index in [0.29, 0.717) is 13.1 Å². The predicted octanol–water partition coefficient (Wildman–Crippen LogP) is 2.04. The summed E-state index contributed by atoms with van der Waals surface area (Å²) in [4.78, 5) is 13.7. The molecular formula is C14H19N3O. The summed E-state index contributed by atoms with van der Waals surface area (Å²) in [6.45, 7) is 4.81. The van der Waals surface area contributed by atoms with E-state index in [-0.39, 0.29) is 5.91 Å². The number of rotatable bonds is 5. The molecule has 1 aromatic heterocycles. The van der Waals surface area contributed by atoms with E-state index in [0.717, 1.165) is 18.5 Å². The first kappa shape index (κ1) is 12.6. The van der Waals surface area contributed by atoms with Gasteiger partial charge in [0, 0.05) is 19.8 Å². The number of allylic oxidation sites excluding steroid dienone is 1. The molecule has 4 heteroatoms. The average Bonchev–Trinajstić information content (AvgIpc) is 2.99. The maximum atomic E-state index is 11.9. The number of carbonyl (C=O) groups excluding carboxylic acids is 1. The molecule has 0 fully saturated rings. The maximum absolute atomic E-state index is 11.9. The van der Waals surface area contributed by atoms with E-state index < -0.39 is 0 Å². The van der Waals surface area contributed by atoms with Gasteiger partial charge in [-0.05, 0) is 31.4 Å². The second kappa shape index (κ2) is 5.67. The van der Waals surface area contributed by atoms with E-state index >= 15 is 0 Å². The fourth-order valence-corrected chi connectivity index (χ4v) is 2.21. The zero-order valence-electron chi connectivity index (χ0n) is 10.8. The minimum Gasteiger partial charge on any atom is -0.329 e. The molecule has 4 nitrogen and oxygen atoms in total. The van der Waals surface area contributed by atoms with Gasteiger partial charge in [0.25, 0.3) is 0 Å². The van der Waals surface area contributed by atoms with Gasteiger partial charge < -0.3 is 4.90 Å². The molecule has 0 bridgehead atoms. The Labute approximate surface area is 108 Å². The van der Waals surface area contributed by atoms with Crippen LogP contribution in [0.3, 0.4) is 0 Å². The van der Waals surface area contributed by atoms with E-state index in [2.05, 4.69) is 17.8 Å². The van der Waals surface area contributed by atoms with Crippen molar-refractivity contribution in [3.05, 3.63) is 42.3 Å². The van der Waals surface area contributed by atoms with Crippen LogP contribution in [0.5, 0.6) is 0 Å². The van der Waals surface area contributed by atoms with Crippen molar-refractivity contribution in [1.82, 2.24) is 14.7 Å². The van der Waals surface area contributed by atoms with Crippen molar-refractivity contribution < 1.29 is 4.79 Å². The highest BCUT2D eigenvalue weighted by molar-refractivity contribution is 5.87. The van der Waals surface area contributed by atoms with Gasteiger partial charge in [-0.3, -0.25) is 9.48 Å². The molecule has 0 spiro atoms. The molecule has 0 saturated heterocycles. The van der Waals surface area contributed by atoms with Crippen LogP contribution in [0.1, 0.15) is 25.0 Å². The summed E-state index contributed by atoms with van der Waals surface area (Å²) in [6, 6.07) is 1.94. The number of hydrogen-bond acceptors (Lipinski definition) is 2. The molecule has 0 radical (unpaired) electrons. The second-order valence-corrected chi connectivity index (χ2v) is 4.63. The van der Waals surface area contributed by atoms with Crippen LogP contribution >= 0.6 is 0 Å². The summed E-state index contributed by atoms with van der Waals surface area (Å²) < 4.78 is 1.75. The lowest BCUT2D eigenvalue weighted by Gasteiger charge is -2.20. The third-order valence-electron chi connectivity index (χ3n) is 3.14. The van der Waals surface area contributed by atoms with Gasteiger partial charge in [0.2, 0.25) is 5.91 Å². The van der Waals surface area contributed by atoms with Crippen molar-refractivity contribution >= 4 is 5.91 Å². The minimum absolute atomic E-state index is 0.0338. The third kappa shape index (κ3) is 3.09. The highest BCUT2D eigenvalue weighted by Gasteiger charge is 2.15. The fourth-order valence-electron chi connectivity index (χ4n) is 2.21. The van der Waals surface area contributed by atoms with Gasteiger partial charge in [0.15, 0.2) is 0 Å². The first-order valence-electron chi connectivity index (χ1n) is 6.27. The molecular weight excluding hydrogens is 226 g/mol. The van der Waals surface area contributed by atoms with Gasteiger partial charge in [-0.1, -0.05) is 18.2 Å². The van der Waals surface area contributed by atoms with Gasteiger partial charge >= 0.3 is 0 Å². The summed E-state index contributed by atoms with van der Waals surface area (Å²) in [5.74, 6) is -0.0338. The lowest BCUT2D eigenvalue weighted by molar-refractivity contribution is -0.126. The quantitative estimate of drug-likeness (QED) is 0.588.